The number of benzene rings is 1. The van der Waals surface area contributed by atoms with E-state index >= 15 is 0 Å². The summed E-state index contributed by atoms with van der Waals surface area (Å²) in [6.07, 6.45) is 2.48. The molecule has 20 heavy (non-hydrogen) atoms. The molecular formula is C14H19ClFN3O. The minimum atomic E-state index is -0.435. The van der Waals surface area contributed by atoms with Gasteiger partial charge in [-0.05, 0) is 38.1 Å². The summed E-state index contributed by atoms with van der Waals surface area (Å²) >= 11 is 5.52. The first-order valence-electron chi connectivity index (χ1n) is 6.73. The SMILES string of the molecule is NC(CCl)=Nc1ccc(OCCN2CCCC2)c(F)c1. The van der Waals surface area contributed by atoms with Crippen molar-refractivity contribution >= 4 is 23.1 Å². The number of nitrogens with zero attached hydrogens (tertiary/aromatic N) is 2. The minimum absolute atomic E-state index is 0.121. The standard InChI is InChI=1S/C14H19ClFN3O/c15-10-14(17)18-11-3-4-13(12(16)9-11)20-8-7-19-5-1-2-6-19/h3-4,9H,1-2,5-8,10H2,(H2,17,18). The number of hydrogen-bond acceptors (Lipinski definition) is 3. The smallest absolute Gasteiger partial charge is 0.167 e. The Morgan fingerprint density at radius 2 is 2.15 bits per heavy atom. The summed E-state index contributed by atoms with van der Waals surface area (Å²) in [6, 6.07) is 4.53. The topological polar surface area (TPSA) is 50.9 Å². The van der Waals surface area contributed by atoms with E-state index in [0.29, 0.717) is 12.3 Å². The highest BCUT2D eigenvalue weighted by atomic mass is 35.5. The van der Waals surface area contributed by atoms with Crippen LogP contribution in [0.25, 0.3) is 0 Å². The van der Waals surface area contributed by atoms with E-state index in [0.717, 1.165) is 19.6 Å². The highest BCUT2D eigenvalue weighted by molar-refractivity contribution is 6.28. The minimum Gasteiger partial charge on any atom is -0.489 e. The van der Waals surface area contributed by atoms with Crippen molar-refractivity contribution in [3.8, 4) is 5.75 Å². The summed E-state index contributed by atoms with van der Waals surface area (Å²) in [4.78, 5) is 6.30. The van der Waals surface area contributed by atoms with Crippen molar-refractivity contribution in [1.29, 1.82) is 0 Å². The van der Waals surface area contributed by atoms with Gasteiger partial charge in [0.05, 0.1) is 11.6 Å². The average molecular weight is 300 g/mol. The van der Waals surface area contributed by atoms with Crippen LogP contribution in [-0.2, 0) is 0 Å². The Morgan fingerprint density at radius 1 is 1.40 bits per heavy atom. The molecule has 4 nitrogen and oxygen atoms in total. The Labute approximate surface area is 123 Å². The van der Waals surface area contributed by atoms with Gasteiger partial charge >= 0.3 is 0 Å². The molecule has 0 radical (unpaired) electrons. The van der Waals surface area contributed by atoms with Crippen molar-refractivity contribution in [2.24, 2.45) is 10.7 Å². The second-order valence-electron chi connectivity index (χ2n) is 4.75. The molecule has 1 aromatic carbocycles. The zero-order chi connectivity index (χ0) is 14.4. The molecule has 6 heteroatoms. The molecule has 0 saturated carbocycles. The Kier molecular flexibility index (Phi) is 5.61. The lowest BCUT2D eigenvalue weighted by atomic mass is 10.3. The van der Waals surface area contributed by atoms with Gasteiger partial charge < -0.3 is 10.5 Å². The van der Waals surface area contributed by atoms with Crippen LogP contribution in [0.3, 0.4) is 0 Å². The van der Waals surface area contributed by atoms with Gasteiger partial charge in [-0.15, -0.1) is 11.6 Å². The van der Waals surface area contributed by atoms with Crippen LogP contribution in [0.5, 0.6) is 5.75 Å². The Hall–Kier alpha value is -1.33. The fourth-order valence-electron chi connectivity index (χ4n) is 2.16. The zero-order valence-electron chi connectivity index (χ0n) is 11.3. The van der Waals surface area contributed by atoms with E-state index in [2.05, 4.69) is 9.89 Å². The lowest BCUT2D eigenvalue weighted by molar-refractivity contribution is 0.231. The zero-order valence-corrected chi connectivity index (χ0v) is 12.1. The van der Waals surface area contributed by atoms with Gasteiger partial charge in [-0.2, -0.15) is 0 Å². The Balaban J connectivity index is 1.88. The van der Waals surface area contributed by atoms with Crippen LogP contribution in [0.2, 0.25) is 0 Å². The fourth-order valence-corrected chi connectivity index (χ4v) is 2.22. The van der Waals surface area contributed by atoms with Gasteiger partial charge in [0.25, 0.3) is 0 Å². The number of amidine groups is 1. The molecule has 0 atom stereocenters. The van der Waals surface area contributed by atoms with Crippen LogP contribution in [0.1, 0.15) is 12.8 Å². The predicted molar refractivity (Wildman–Crippen MR) is 79.6 cm³/mol. The van der Waals surface area contributed by atoms with Crippen molar-refractivity contribution in [1.82, 2.24) is 4.90 Å². The van der Waals surface area contributed by atoms with E-state index in [1.807, 2.05) is 0 Å². The summed E-state index contributed by atoms with van der Waals surface area (Å²) < 4.78 is 19.3. The first-order chi connectivity index (χ1) is 9.69. The maximum absolute atomic E-state index is 13.8. The van der Waals surface area contributed by atoms with Crippen LogP contribution in [-0.4, -0.2) is 42.9 Å². The molecule has 0 amide bonds. The van der Waals surface area contributed by atoms with Crippen molar-refractivity contribution in [2.45, 2.75) is 12.8 Å². The fraction of sp³-hybridized carbons (Fsp3) is 0.500. The number of alkyl halides is 1. The summed E-state index contributed by atoms with van der Waals surface area (Å²) in [7, 11) is 0. The first kappa shape index (κ1) is 15.1. The molecule has 1 saturated heterocycles. The normalized spacial score (nSPS) is 16.6. The molecule has 2 N–H and O–H groups in total. The third-order valence-corrected chi connectivity index (χ3v) is 3.46. The predicted octanol–water partition coefficient (Wildman–Crippen LogP) is 2.53. The monoisotopic (exact) mass is 299 g/mol. The van der Waals surface area contributed by atoms with Gasteiger partial charge in [-0.1, -0.05) is 0 Å². The molecular weight excluding hydrogens is 281 g/mol. The molecule has 1 heterocycles. The largest absolute Gasteiger partial charge is 0.489 e. The van der Waals surface area contributed by atoms with Crippen LogP contribution in [0.15, 0.2) is 23.2 Å². The quantitative estimate of drug-likeness (QED) is 0.499. The molecule has 110 valence electrons. The van der Waals surface area contributed by atoms with Crippen LogP contribution >= 0.6 is 11.6 Å². The maximum atomic E-state index is 13.8. The van der Waals surface area contributed by atoms with E-state index < -0.39 is 5.82 Å². The Bertz CT molecular complexity index is 475. The number of ether oxygens (including phenoxy) is 1. The van der Waals surface area contributed by atoms with E-state index in [1.165, 1.54) is 18.9 Å². The van der Waals surface area contributed by atoms with Crippen LogP contribution in [0, 0.1) is 5.82 Å². The van der Waals surface area contributed by atoms with Crippen LogP contribution < -0.4 is 10.5 Å². The summed E-state index contributed by atoms with van der Waals surface area (Å²) in [6.45, 7) is 3.54. The first-order valence-corrected chi connectivity index (χ1v) is 7.26. The summed E-state index contributed by atoms with van der Waals surface area (Å²) in [5.41, 5.74) is 5.94. The maximum Gasteiger partial charge on any atom is 0.167 e. The number of nitrogens with two attached hydrogens (primary N) is 1. The van der Waals surface area contributed by atoms with Crippen molar-refractivity contribution in [2.75, 3.05) is 32.1 Å². The van der Waals surface area contributed by atoms with Gasteiger partial charge in [0.2, 0.25) is 0 Å². The van der Waals surface area contributed by atoms with E-state index in [9.17, 15) is 4.39 Å². The second kappa shape index (κ2) is 7.45. The third-order valence-electron chi connectivity index (χ3n) is 3.19. The number of hydrogen-bond donors (Lipinski definition) is 1. The number of aliphatic imine (C=N–C) groups is 1. The number of rotatable bonds is 6. The second-order valence-corrected chi connectivity index (χ2v) is 5.02. The van der Waals surface area contributed by atoms with E-state index in [4.69, 9.17) is 22.1 Å². The van der Waals surface area contributed by atoms with Crippen molar-refractivity contribution in [3.05, 3.63) is 24.0 Å². The van der Waals surface area contributed by atoms with Crippen molar-refractivity contribution < 1.29 is 9.13 Å². The molecule has 1 aliphatic rings. The molecule has 0 spiro atoms. The Morgan fingerprint density at radius 3 is 2.80 bits per heavy atom. The van der Waals surface area contributed by atoms with Crippen molar-refractivity contribution in [3.63, 3.8) is 0 Å². The molecule has 1 aromatic rings. The number of halogens is 2. The molecule has 0 aromatic heterocycles. The highest BCUT2D eigenvalue weighted by Crippen LogP contribution is 2.23. The van der Waals surface area contributed by atoms with Gasteiger partial charge in [0.1, 0.15) is 12.4 Å². The summed E-state index contributed by atoms with van der Waals surface area (Å²) in [5.74, 6) is 0.187. The number of likely N-dealkylation sites (tertiary alicyclic amines) is 1. The summed E-state index contributed by atoms with van der Waals surface area (Å²) in [5, 5.41) is 0. The molecule has 2 rings (SSSR count). The molecule has 0 aliphatic carbocycles. The van der Waals surface area contributed by atoms with E-state index in [-0.39, 0.29) is 17.5 Å². The average Bonchev–Trinajstić information content (AvgIpc) is 2.94. The van der Waals surface area contributed by atoms with Gasteiger partial charge in [-0.3, -0.25) is 4.90 Å². The highest BCUT2D eigenvalue weighted by Gasteiger charge is 2.11. The van der Waals surface area contributed by atoms with Gasteiger partial charge in [-0.25, -0.2) is 9.38 Å². The molecule has 0 unspecified atom stereocenters. The van der Waals surface area contributed by atoms with Gasteiger partial charge in [0.15, 0.2) is 11.6 Å². The molecule has 0 bridgehead atoms. The van der Waals surface area contributed by atoms with Crippen LogP contribution in [0.4, 0.5) is 10.1 Å². The lowest BCUT2D eigenvalue weighted by Gasteiger charge is -2.15. The molecule has 1 aliphatic heterocycles. The third kappa shape index (κ3) is 4.35. The lowest BCUT2D eigenvalue weighted by Crippen LogP contribution is -2.25. The molecule has 1 fully saturated rings. The van der Waals surface area contributed by atoms with E-state index in [1.54, 1.807) is 12.1 Å². The van der Waals surface area contributed by atoms with Gasteiger partial charge in [0, 0.05) is 12.6 Å².